The molecule has 1 N–H and O–H groups in total. The number of ether oxygens (including phenoxy) is 2. The number of fused-ring (bicyclic) bond motifs is 1. The number of hydrogen-bond acceptors (Lipinski definition) is 6. The van der Waals surface area contributed by atoms with Crippen LogP contribution in [0.15, 0.2) is 93.2 Å². The molecule has 0 unspecified atom stereocenters. The van der Waals surface area contributed by atoms with Gasteiger partial charge in [0, 0.05) is 5.39 Å². The molecule has 7 nitrogen and oxygen atoms in total. The maximum atomic E-state index is 12.4. The Morgan fingerprint density at radius 3 is 2.59 bits per heavy atom. The average Bonchev–Trinajstić information content (AvgIpc) is 2.83. The number of carbonyl (C=O) groups is 1. The van der Waals surface area contributed by atoms with E-state index in [0.29, 0.717) is 34.6 Å². The van der Waals surface area contributed by atoms with Crippen LogP contribution in [-0.4, -0.2) is 19.2 Å². The smallest absolute Gasteiger partial charge is 0.349 e. The molecule has 0 spiro atoms. The van der Waals surface area contributed by atoms with Gasteiger partial charge in [-0.25, -0.2) is 10.2 Å². The zero-order valence-corrected chi connectivity index (χ0v) is 17.3. The normalized spacial score (nSPS) is 10.9. The minimum atomic E-state index is -0.724. The summed E-state index contributed by atoms with van der Waals surface area (Å²) in [7, 11) is 1.55. The second kappa shape index (κ2) is 9.61. The van der Waals surface area contributed by atoms with Crippen LogP contribution in [0.3, 0.4) is 0 Å². The van der Waals surface area contributed by atoms with Crippen LogP contribution in [0.25, 0.3) is 11.0 Å². The van der Waals surface area contributed by atoms with Crippen molar-refractivity contribution in [1.82, 2.24) is 5.43 Å². The van der Waals surface area contributed by atoms with Gasteiger partial charge in [-0.2, -0.15) is 5.10 Å². The molecule has 0 aliphatic carbocycles. The third-order valence-electron chi connectivity index (χ3n) is 4.69. The molecule has 0 aliphatic rings. The Kier molecular flexibility index (Phi) is 6.27. The molecule has 1 aromatic heterocycles. The molecule has 4 aromatic rings. The van der Waals surface area contributed by atoms with Crippen molar-refractivity contribution in [3.05, 3.63) is 106 Å². The summed E-state index contributed by atoms with van der Waals surface area (Å²) in [6.07, 6.45) is 1.45. The Labute approximate surface area is 183 Å². The molecule has 1 heterocycles. The minimum absolute atomic E-state index is 0.122. The Morgan fingerprint density at radius 2 is 1.78 bits per heavy atom. The molecular formula is C25H20N2O5. The molecule has 0 aliphatic heterocycles. The van der Waals surface area contributed by atoms with Gasteiger partial charge >= 0.3 is 5.63 Å². The van der Waals surface area contributed by atoms with Gasteiger partial charge in [0.15, 0.2) is 11.5 Å². The van der Waals surface area contributed by atoms with Crippen LogP contribution in [0.2, 0.25) is 0 Å². The summed E-state index contributed by atoms with van der Waals surface area (Å²) in [5, 5.41) is 4.59. The Hall–Kier alpha value is -4.39. The topological polar surface area (TPSA) is 90.1 Å². The van der Waals surface area contributed by atoms with Gasteiger partial charge in [-0.05, 0) is 41.5 Å². The number of carbonyl (C=O) groups excluding carboxylic acids is 1. The zero-order chi connectivity index (χ0) is 22.3. The van der Waals surface area contributed by atoms with Crippen molar-refractivity contribution in [1.29, 1.82) is 0 Å². The fraction of sp³-hybridized carbons (Fsp3) is 0.0800. The third-order valence-corrected chi connectivity index (χ3v) is 4.69. The maximum absolute atomic E-state index is 12.4. The molecule has 0 atom stereocenters. The SMILES string of the molecule is COc1cc(C=NNC(=O)c2cc3ccccc3oc2=O)ccc1OCc1ccccc1. The lowest BCUT2D eigenvalue weighted by Crippen LogP contribution is -2.24. The molecule has 7 heteroatoms. The van der Waals surface area contributed by atoms with Gasteiger partial charge in [-0.3, -0.25) is 4.79 Å². The first-order chi connectivity index (χ1) is 15.6. The van der Waals surface area contributed by atoms with E-state index in [1.165, 1.54) is 12.3 Å². The number of para-hydroxylation sites is 1. The molecule has 4 rings (SSSR count). The molecule has 0 radical (unpaired) electrons. The van der Waals surface area contributed by atoms with Gasteiger partial charge in [-0.1, -0.05) is 48.5 Å². The lowest BCUT2D eigenvalue weighted by Gasteiger charge is -2.11. The molecule has 1 amide bonds. The molecule has 0 bridgehead atoms. The molecular weight excluding hydrogens is 408 g/mol. The first kappa shape index (κ1) is 20.9. The van der Waals surface area contributed by atoms with Crippen molar-refractivity contribution in [3.8, 4) is 11.5 Å². The Balaban J connectivity index is 1.43. The fourth-order valence-corrected chi connectivity index (χ4v) is 3.06. The first-order valence-electron chi connectivity index (χ1n) is 9.85. The Bertz CT molecular complexity index is 1330. The standard InChI is InChI=1S/C25H20N2O5/c1-30-23-13-18(11-12-22(23)31-16-17-7-3-2-4-8-17)15-26-27-24(28)20-14-19-9-5-6-10-21(19)32-25(20)29/h2-15H,16H2,1H3,(H,27,28). The van der Waals surface area contributed by atoms with E-state index in [4.69, 9.17) is 13.9 Å². The number of nitrogens with zero attached hydrogens (tertiary/aromatic N) is 1. The average molecular weight is 428 g/mol. The molecule has 0 saturated carbocycles. The number of rotatable bonds is 7. The second-order valence-electron chi connectivity index (χ2n) is 6.87. The summed E-state index contributed by atoms with van der Waals surface area (Å²) in [6, 6.07) is 23.5. The van der Waals surface area contributed by atoms with Crippen molar-refractivity contribution in [3.63, 3.8) is 0 Å². The van der Waals surface area contributed by atoms with E-state index < -0.39 is 11.5 Å². The number of hydrogen-bond donors (Lipinski definition) is 1. The summed E-state index contributed by atoms with van der Waals surface area (Å²) in [4.78, 5) is 24.4. The molecule has 32 heavy (non-hydrogen) atoms. The van der Waals surface area contributed by atoms with Crippen molar-refractivity contribution in [2.24, 2.45) is 5.10 Å². The first-order valence-corrected chi connectivity index (χ1v) is 9.85. The summed E-state index contributed by atoms with van der Waals surface area (Å²) in [6.45, 7) is 0.412. The van der Waals surface area contributed by atoms with E-state index in [2.05, 4.69) is 10.5 Å². The summed E-state index contributed by atoms with van der Waals surface area (Å²) in [5.74, 6) is 0.466. The van der Waals surface area contributed by atoms with Crippen LogP contribution >= 0.6 is 0 Å². The number of amides is 1. The monoisotopic (exact) mass is 428 g/mol. The van der Waals surface area contributed by atoms with Gasteiger partial charge in [0.05, 0.1) is 13.3 Å². The van der Waals surface area contributed by atoms with Gasteiger partial charge in [0.25, 0.3) is 5.91 Å². The number of methoxy groups -OCH3 is 1. The van der Waals surface area contributed by atoms with E-state index in [9.17, 15) is 9.59 Å². The van der Waals surface area contributed by atoms with Crippen LogP contribution in [0.5, 0.6) is 11.5 Å². The molecule has 160 valence electrons. The van der Waals surface area contributed by atoms with Crippen molar-refractivity contribution >= 4 is 23.1 Å². The largest absolute Gasteiger partial charge is 0.493 e. The summed E-state index contributed by atoms with van der Waals surface area (Å²) in [5.41, 5.74) is 3.64. The van der Waals surface area contributed by atoms with Crippen molar-refractivity contribution < 1.29 is 18.7 Å². The van der Waals surface area contributed by atoms with E-state index in [0.717, 1.165) is 5.56 Å². The zero-order valence-electron chi connectivity index (χ0n) is 17.3. The minimum Gasteiger partial charge on any atom is -0.493 e. The predicted octanol–water partition coefficient (Wildman–Crippen LogP) is 4.14. The van der Waals surface area contributed by atoms with Crippen molar-refractivity contribution in [2.45, 2.75) is 6.61 Å². The number of nitrogens with one attached hydrogen (secondary N) is 1. The second-order valence-corrected chi connectivity index (χ2v) is 6.87. The number of benzene rings is 3. The van der Waals surface area contributed by atoms with Crippen LogP contribution in [0.1, 0.15) is 21.5 Å². The maximum Gasteiger partial charge on any atom is 0.349 e. The van der Waals surface area contributed by atoms with Crippen LogP contribution < -0.4 is 20.5 Å². The highest BCUT2D eigenvalue weighted by atomic mass is 16.5. The van der Waals surface area contributed by atoms with Gasteiger partial charge in [0.1, 0.15) is 17.8 Å². The third kappa shape index (κ3) is 4.84. The fourth-order valence-electron chi connectivity index (χ4n) is 3.06. The summed E-state index contributed by atoms with van der Waals surface area (Å²) >= 11 is 0. The molecule has 0 fully saturated rings. The van der Waals surface area contributed by atoms with E-state index in [1.807, 2.05) is 30.3 Å². The molecule has 3 aromatic carbocycles. The quantitative estimate of drug-likeness (QED) is 0.271. The van der Waals surface area contributed by atoms with E-state index in [1.54, 1.807) is 49.6 Å². The highest BCUT2D eigenvalue weighted by Gasteiger charge is 2.13. The van der Waals surface area contributed by atoms with Gasteiger partial charge in [-0.15, -0.1) is 0 Å². The predicted molar refractivity (Wildman–Crippen MR) is 121 cm³/mol. The lowest BCUT2D eigenvalue weighted by atomic mass is 10.2. The van der Waals surface area contributed by atoms with Gasteiger partial charge < -0.3 is 13.9 Å². The van der Waals surface area contributed by atoms with Crippen LogP contribution in [0, 0.1) is 0 Å². The van der Waals surface area contributed by atoms with E-state index >= 15 is 0 Å². The van der Waals surface area contributed by atoms with Crippen LogP contribution in [0.4, 0.5) is 0 Å². The lowest BCUT2D eigenvalue weighted by molar-refractivity contribution is 0.0951. The summed E-state index contributed by atoms with van der Waals surface area (Å²) < 4.78 is 16.4. The highest BCUT2D eigenvalue weighted by Crippen LogP contribution is 2.28. The van der Waals surface area contributed by atoms with Crippen molar-refractivity contribution in [2.75, 3.05) is 7.11 Å². The number of hydrazone groups is 1. The Morgan fingerprint density at radius 1 is 1.00 bits per heavy atom. The molecule has 0 saturated heterocycles. The van der Waals surface area contributed by atoms with Gasteiger partial charge in [0.2, 0.25) is 0 Å². The van der Waals surface area contributed by atoms with Crippen LogP contribution in [-0.2, 0) is 6.61 Å². The van der Waals surface area contributed by atoms with E-state index in [-0.39, 0.29) is 5.56 Å². The highest BCUT2D eigenvalue weighted by molar-refractivity contribution is 5.97.